The molecular formula is C23H16BrClN2O3S2. The van der Waals surface area contributed by atoms with Gasteiger partial charge in [-0.2, -0.15) is 0 Å². The molecule has 9 heteroatoms. The molecule has 162 valence electrons. The molecule has 0 spiro atoms. The maximum atomic E-state index is 13.2. The summed E-state index contributed by atoms with van der Waals surface area (Å²) in [4.78, 5) is 28.0. The van der Waals surface area contributed by atoms with E-state index in [1.165, 1.54) is 22.7 Å². The standard InChI is InChI=1S/C23H16BrClN2O3S2/c1-12-7-13(2)9-15(8-12)27-21(29)18(20(28)26-23(27)31)10-16-11-19(24)22(30-16)32-17-5-3-14(25)4-6-17/h3-11H,1-2H3,(H,26,28,31). The van der Waals surface area contributed by atoms with Crippen LogP contribution < -0.4 is 10.2 Å². The van der Waals surface area contributed by atoms with Crippen molar-refractivity contribution in [3.05, 3.63) is 80.5 Å². The highest BCUT2D eigenvalue weighted by molar-refractivity contribution is 9.10. The lowest BCUT2D eigenvalue weighted by Crippen LogP contribution is -2.54. The van der Waals surface area contributed by atoms with Gasteiger partial charge in [0.25, 0.3) is 11.8 Å². The van der Waals surface area contributed by atoms with Gasteiger partial charge in [-0.3, -0.25) is 19.8 Å². The fraction of sp³-hybridized carbons (Fsp3) is 0.0870. The summed E-state index contributed by atoms with van der Waals surface area (Å²) in [6.07, 6.45) is 1.42. The smallest absolute Gasteiger partial charge is 0.270 e. The zero-order valence-electron chi connectivity index (χ0n) is 16.9. The Bertz CT molecular complexity index is 1260. The Balaban J connectivity index is 1.65. The number of rotatable bonds is 4. The minimum Gasteiger partial charge on any atom is -0.449 e. The summed E-state index contributed by atoms with van der Waals surface area (Å²) in [5.41, 5.74) is 2.50. The van der Waals surface area contributed by atoms with E-state index in [9.17, 15) is 9.59 Å². The number of benzene rings is 2. The third kappa shape index (κ3) is 4.83. The van der Waals surface area contributed by atoms with E-state index < -0.39 is 11.8 Å². The summed E-state index contributed by atoms with van der Waals surface area (Å²) in [6, 6.07) is 14.7. The lowest BCUT2D eigenvalue weighted by molar-refractivity contribution is -0.122. The van der Waals surface area contributed by atoms with Gasteiger partial charge in [0.2, 0.25) is 0 Å². The van der Waals surface area contributed by atoms with Crippen LogP contribution in [0, 0.1) is 13.8 Å². The summed E-state index contributed by atoms with van der Waals surface area (Å²) in [5, 5.41) is 3.87. The second kappa shape index (κ2) is 9.23. The fourth-order valence-electron chi connectivity index (χ4n) is 3.23. The predicted octanol–water partition coefficient (Wildman–Crippen LogP) is 6.29. The molecule has 2 amide bonds. The largest absolute Gasteiger partial charge is 0.449 e. The number of aryl methyl sites for hydroxylation is 2. The van der Waals surface area contributed by atoms with Gasteiger partial charge in [0.1, 0.15) is 11.3 Å². The number of furan rings is 1. The number of nitrogens with one attached hydrogen (secondary N) is 1. The van der Waals surface area contributed by atoms with E-state index in [-0.39, 0.29) is 10.7 Å². The van der Waals surface area contributed by atoms with Gasteiger partial charge < -0.3 is 4.42 Å². The molecule has 0 radical (unpaired) electrons. The Morgan fingerprint density at radius 2 is 1.75 bits per heavy atom. The quantitative estimate of drug-likeness (QED) is 0.236. The van der Waals surface area contributed by atoms with Gasteiger partial charge in [-0.1, -0.05) is 29.4 Å². The van der Waals surface area contributed by atoms with Crippen LogP contribution in [0.3, 0.4) is 0 Å². The molecule has 2 heterocycles. The van der Waals surface area contributed by atoms with E-state index >= 15 is 0 Å². The Labute approximate surface area is 207 Å². The number of hydrogen-bond acceptors (Lipinski definition) is 5. The first-order chi connectivity index (χ1) is 15.2. The van der Waals surface area contributed by atoms with Crippen molar-refractivity contribution in [1.82, 2.24) is 5.32 Å². The molecule has 1 aromatic heterocycles. The molecule has 1 aliphatic heterocycles. The Kier molecular flexibility index (Phi) is 6.57. The summed E-state index contributed by atoms with van der Waals surface area (Å²) < 4.78 is 6.58. The second-order valence-corrected chi connectivity index (χ2v) is 9.87. The Morgan fingerprint density at radius 3 is 2.41 bits per heavy atom. The molecule has 1 aliphatic rings. The summed E-state index contributed by atoms with van der Waals surface area (Å²) in [7, 11) is 0. The fourth-order valence-corrected chi connectivity index (χ4v) is 4.97. The zero-order chi connectivity index (χ0) is 23.0. The maximum absolute atomic E-state index is 13.2. The van der Waals surface area contributed by atoms with Gasteiger partial charge in [-0.05, 0) is 102 Å². The number of amides is 2. The summed E-state index contributed by atoms with van der Waals surface area (Å²) in [6.45, 7) is 3.87. The third-order valence-electron chi connectivity index (χ3n) is 4.55. The van der Waals surface area contributed by atoms with Crippen molar-refractivity contribution in [2.24, 2.45) is 0 Å². The number of carbonyl (C=O) groups excluding carboxylic acids is 2. The average molecular weight is 548 g/mol. The van der Waals surface area contributed by atoms with E-state index in [0.29, 0.717) is 26.0 Å². The van der Waals surface area contributed by atoms with Crippen LogP contribution in [-0.2, 0) is 9.59 Å². The van der Waals surface area contributed by atoms with Gasteiger partial charge in [0, 0.05) is 9.92 Å². The van der Waals surface area contributed by atoms with Crippen LogP contribution >= 0.6 is 51.5 Å². The molecule has 0 aliphatic carbocycles. The highest BCUT2D eigenvalue weighted by atomic mass is 79.9. The first-order valence-corrected chi connectivity index (χ1v) is 11.8. The minimum absolute atomic E-state index is 0.0433. The highest BCUT2D eigenvalue weighted by Gasteiger charge is 2.35. The molecule has 0 bridgehead atoms. The second-order valence-electron chi connectivity index (χ2n) is 7.14. The monoisotopic (exact) mass is 546 g/mol. The van der Waals surface area contributed by atoms with Gasteiger partial charge >= 0.3 is 0 Å². The van der Waals surface area contributed by atoms with Crippen molar-refractivity contribution in [2.75, 3.05) is 4.90 Å². The number of hydrogen-bond donors (Lipinski definition) is 1. The lowest BCUT2D eigenvalue weighted by atomic mass is 10.1. The summed E-state index contributed by atoms with van der Waals surface area (Å²) in [5.74, 6) is -0.719. The van der Waals surface area contributed by atoms with Crippen molar-refractivity contribution in [1.29, 1.82) is 0 Å². The summed E-state index contributed by atoms with van der Waals surface area (Å²) >= 11 is 16.1. The number of nitrogens with zero attached hydrogens (tertiary/aromatic N) is 1. The van der Waals surface area contributed by atoms with Crippen molar-refractivity contribution >= 4 is 80.2 Å². The first-order valence-electron chi connectivity index (χ1n) is 9.44. The Morgan fingerprint density at radius 1 is 1.09 bits per heavy atom. The molecule has 4 rings (SSSR count). The van der Waals surface area contributed by atoms with Crippen LogP contribution in [0.5, 0.6) is 0 Å². The van der Waals surface area contributed by atoms with Gasteiger partial charge in [-0.15, -0.1) is 0 Å². The van der Waals surface area contributed by atoms with Gasteiger partial charge in [0.15, 0.2) is 10.2 Å². The van der Waals surface area contributed by atoms with Crippen molar-refractivity contribution in [3.8, 4) is 0 Å². The Hall–Kier alpha value is -2.39. The number of carbonyl (C=O) groups is 2. The maximum Gasteiger partial charge on any atom is 0.270 e. The molecular weight excluding hydrogens is 532 g/mol. The highest BCUT2D eigenvalue weighted by Crippen LogP contribution is 2.37. The van der Waals surface area contributed by atoms with Crippen LogP contribution in [0.15, 0.2) is 73.0 Å². The third-order valence-corrected chi connectivity index (χ3v) is 6.94. The predicted molar refractivity (Wildman–Crippen MR) is 134 cm³/mol. The molecule has 32 heavy (non-hydrogen) atoms. The van der Waals surface area contributed by atoms with Crippen molar-refractivity contribution < 1.29 is 14.0 Å². The molecule has 1 fully saturated rings. The molecule has 0 saturated carbocycles. The van der Waals surface area contributed by atoms with Gasteiger partial charge in [-0.25, -0.2) is 0 Å². The van der Waals surface area contributed by atoms with Crippen LogP contribution in [0.1, 0.15) is 16.9 Å². The minimum atomic E-state index is -0.569. The number of anilines is 1. The zero-order valence-corrected chi connectivity index (χ0v) is 20.9. The van der Waals surface area contributed by atoms with Crippen LogP contribution in [0.2, 0.25) is 5.02 Å². The number of thiocarbonyl (C=S) groups is 1. The van der Waals surface area contributed by atoms with Crippen LogP contribution in [0.4, 0.5) is 5.69 Å². The normalized spacial score (nSPS) is 15.4. The van der Waals surface area contributed by atoms with Crippen LogP contribution in [-0.4, -0.2) is 16.9 Å². The molecule has 0 unspecified atom stereocenters. The van der Waals surface area contributed by atoms with E-state index in [0.717, 1.165) is 16.0 Å². The average Bonchev–Trinajstić information content (AvgIpc) is 3.05. The molecule has 5 nitrogen and oxygen atoms in total. The van der Waals surface area contributed by atoms with Crippen LogP contribution in [0.25, 0.3) is 6.08 Å². The molecule has 2 aromatic carbocycles. The van der Waals surface area contributed by atoms with E-state index in [1.807, 2.05) is 44.2 Å². The van der Waals surface area contributed by atoms with E-state index in [1.54, 1.807) is 18.2 Å². The van der Waals surface area contributed by atoms with E-state index in [4.69, 9.17) is 28.2 Å². The van der Waals surface area contributed by atoms with Gasteiger partial charge in [0.05, 0.1) is 10.2 Å². The van der Waals surface area contributed by atoms with E-state index in [2.05, 4.69) is 21.2 Å². The molecule has 0 atom stereocenters. The topological polar surface area (TPSA) is 62.6 Å². The molecule has 3 aromatic rings. The lowest BCUT2D eigenvalue weighted by Gasteiger charge is -2.29. The first kappa shape index (κ1) is 22.8. The molecule has 1 saturated heterocycles. The van der Waals surface area contributed by atoms with Crippen molar-refractivity contribution in [3.63, 3.8) is 0 Å². The SMILES string of the molecule is Cc1cc(C)cc(N2C(=O)C(=Cc3cc(Br)c(Sc4ccc(Cl)cc4)o3)C(=O)NC2=S)c1. The number of halogens is 2. The van der Waals surface area contributed by atoms with Crippen molar-refractivity contribution in [2.45, 2.75) is 23.8 Å². The molecule has 1 N–H and O–H groups in total.